The molecule has 1 unspecified atom stereocenters. The first-order valence-electron chi connectivity index (χ1n) is 6.73. The van der Waals surface area contributed by atoms with Crippen LogP contribution in [0.15, 0.2) is 23.9 Å². The van der Waals surface area contributed by atoms with E-state index in [2.05, 4.69) is 5.32 Å². The topological polar surface area (TPSA) is 61.8 Å². The maximum Gasteiger partial charge on any atom is 0.251 e. The Kier molecular flexibility index (Phi) is 7.05. The fraction of sp³-hybridized carbons (Fsp3) is 0.400. The molecule has 5 nitrogen and oxygen atoms in total. The first kappa shape index (κ1) is 19.0. The summed E-state index contributed by atoms with van der Waals surface area (Å²) in [6.45, 7) is -0.604. The Morgan fingerprint density at radius 3 is 2.39 bits per heavy atom. The molecule has 128 valence electrons. The minimum atomic E-state index is -1.20. The fourth-order valence-corrected chi connectivity index (χ4v) is 1.83. The number of methoxy groups -OCH3 is 1. The maximum atomic E-state index is 13.5. The van der Waals surface area contributed by atoms with Crippen molar-refractivity contribution in [2.45, 2.75) is 12.6 Å². The summed E-state index contributed by atoms with van der Waals surface area (Å²) in [6.07, 6.45) is 0.168. The highest BCUT2D eigenvalue weighted by Crippen LogP contribution is 2.15. The number of halogens is 3. The van der Waals surface area contributed by atoms with Crippen molar-refractivity contribution in [3.8, 4) is 0 Å². The molecular formula is C15H19F3N2O3. The van der Waals surface area contributed by atoms with E-state index in [0.29, 0.717) is 12.1 Å². The van der Waals surface area contributed by atoms with E-state index in [-0.39, 0.29) is 12.2 Å². The van der Waals surface area contributed by atoms with Crippen LogP contribution in [-0.2, 0) is 16.1 Å². The van der Waals surface area contributed by atoms with Crippen molar-refractivity contribution >= 4 is 5.91 Å². The van der Waals surface area contributed by atoms with Gasteiger partial charge in [-0.05, 0) is 0 Å². The average molecular weight is 332 g/mol. The maximum absolute atomic E-state index is 13.5. The van der Waals surface area contributed by atoms with Gasteiger partial charge in [0.2, 0.25) is 0 Å². The van der Waals surface area contributed by atoms with Gasteiger partial charge in [-0.1, -0.05) is 0 Å². The molecule has 0 radical (unpaired) electrons. The first-order valence-corrected chi connectivity index (χ1v) is 6.73. The Bertz CT molecular complexity index is 568. The van der Waals surface area contributed by atoms with Crippen LogP contribution in [-0.4, -0.2) is 49.8 Å². The van der Waals surface area contributed by atoms with Crippen LogP contribution in [0.5, 0.6) is 0 Å². The molecule has 0 heterocycles. The van der Waals surface area contributed by atoms with Gasteiger partial charge in [0.1, 0.15) is 23.6 Å². The standard InChI is InChI=1S/C15H19F3N2O3/c1-20(2)7-11(14(21)8-23-3)15(22)19-6-10-12(17)4-9(16)5-13(10)18/h4-5,7,14,21H,6,8H2,1-3H3,(H,19,22)/b11-7-. The third-order valence-corrected chi connectivity index (χ3v) is 2.87. The summed E-state index contributed by atoms with van der Waals surface area (Å²) in [5.74, 6) is -3.96. The van der Waals surface area contributed by atoms with Crippen molar-refractivity contribution in [1.29, 1.82) is 0 Å². The second-order valence-electron chi connectivity index (χ2n) is 5.05. The lowest BCUT2D eigenvalue weighted by Gasteiger charge is -2.17. The van der Waals surface area contributed by atoms with Crippen LogP contribution in [0.2, 0.25) is 0 Å². The van der Waals surface area contributed by atoms with Crippen LogP contribution in [0.25, 0.3) is 0 Å². The van der Waals surface area contributed by atoms with Crippen LogP contribution in [0, 0.1) is 17.5 Å². The van der Waals surface area contributed by atoms with Crippen LogP contribution >= 0.6 is 0 Å². The van der Waals surface area contributed by atoms with Crippen LogP contribution in [0.4, 0.5) is 13.2 Å². The number of hydrogen-bond donors (Lipinski definition) is 2. The summed E-state index contributed by atoms with van der Waals surface area (Å²) in [6, 6.07) is 1.06. The van der Waals surface area contributed by atoms with Crippen molar-refractivity contribution < 1.29 is 27.8 Å². The lowest BCUT2D eigenvalue weighted by Crippen LogP contribution is -2.33. The summed E-state index contributed by atoms with van der Waals surface area (Å²) >= 11 is 0. The number of nitrogens with zero attached hydrogens (tertiary/aromatic N) is 1. The Labute approximate surface area is 132 Å². The summed E-state index contributed by atoms with van der Waals surface area (Å²) in [7, 11) is 4.65. The molecule has 0 saturated carbocycles. The quantitative estimate of drug-likeness (QED) is 0.736. The Morgan fingerprint density at radius 2 is 1.91 bits per heavy atom. The highest BCUT2D eigenvalue weighted by Gasteiger charge is 2.20. The van der Waals surface area contributed by atoms with E-state index in [1.54, 1.807) is 14.1 Å². The molecule has 23 heavy (non-hydrogen) atoms. The second kappa shape index (κ2) is 8.54. The van der Waals surface area contributed by atoms with Gasteiger partial charge in [-0.15, -0.1) is 0 Å². The predicted molar refractivity (Wildman–Crippen MR) is 77.8 cm³/mol. The number of ether oxygens (including phenoxy) is 1. The zero-order valence-corrected chi connectivity index (χ0v) is 13.1. The highest BCUT2D eigenvalue weighted by molar-refractivity contribution is 5.94. The van der Waals surface area contributed by atoms with E-state index in [1.807, 2.05) is 0 Å². The zero-order valence-electron chi connectivity index (χ0n) is 13.1. The van der Waals surface area contributed by atoms with Gasteiger partial charge in [0, 0.05) is 51.6 Å². The van der Waals surface area contributed by atoms with Gasteiger partial charge >= 0.3 is 0 Å². The van der Waals surface area contributed by atoms with E-state index >= 15 is 0 Å². The number of aliphatic hydroxyl groups is 1. The number of carbonyl (C=O) groups is 1. The number of amides is 1. The smallest absolute Gasteiger partial charge is 0.251 e. The molecule has 1 atom stereocenters. The van der Waals surface area contributed by atoms with E-state index in [4.69, 9.17) is 4.74 Å². The molecule has 0 fully saturated rings. The lowest BCUT2D eigenvalue weighted by molar-refractivity contribution is -0.119. The van der Waals surface area contributed by atoms with E-state index in [1.165, 1.54) is 18.2 Å². The summed E-state index contributed by atoms with van der Waals surface area (Å²) < 4.78 is 44.7. The SMILES string of the molecule is COCC(O)/C(=C/N(C)C)C(=O)NCc1c(F)cc(F)cc1F. The molecule has 0 aliphatic heterocycles. The first-order chi connectivity index (χ1) is 10.8. The number of rotatable bonds is 7. The van der Waals surface area contributed by atoms with Crippen molar-refractivity contribution in [3.63, 3.8) is 0 Å². The molecule has 1 rings (SSSR count). The lowest BCUT2D eigenvalue weighted by atomic mass is 10.1. The molecule has 0 spiro atoms. The van der Waals surface area contributed by atoms with Gasteiger partial charge in [0.15, 0.2) is 0 Å². The molecule has 0 aromatic heterocycles. The minimum absolute atomic E-state index is 0.0280. The van der Waals surface area contributed by atoms with Gasteiger partial charge in [0.05, 0.1) is 12.2 Å². The summed E-state index contributed by atoms with van der Waals surface area (Å²) in [5, 5.41) is 12.2. The largest absolute Gasteiger partial charge is 0.386 e. The Balaban J connectivity index is 2.88. The highest BCUT2D eigenvalue weighted by atomic mass is 19.1. The number of carbonyl (C=O) groups excluding carboxylic acids is 1. The molecular weight excluding hydrogens is 313 g/mol. The van der Waals surface area contributed by atoms with Gasteiger partial charge in [0.25, 0.3) is 5.91 Å². The second-order valence-corrected chi connectivity index (χ2v) is 5.05. The minimum Gasteiger partial charge on any atom is -0.386 e. The molecule has 1 amide bonds. The van der Waals surface area contributed by atoms with Gasteiger partial charge in [-0.3, -0.25) is 4.79 Å². The van der Waals surface area contributed by atoms with Gasteiger partial charge < -0.3 is 20.1 Å². The number of aliphatic hydroxyl groups excluding tert-OH is 1. The molecule has 8 heteroatoms. The third kappa shape index (κ3) is 5.57. The van der Waals surface area contributed by atoms with Crippen molar-refractivity contribution in [2.24, 2.45) is 0 Å². The monoisotopic (exact) mass is 332 g/mol. The van der Waals surface area contributed by atoms with E-state index in [0.717, 1.165) is 0 Å². The number of nitrogens with one attached hydrogen (secondary N) is 1. The van der Waals surface area contributed by atoms with Crippen molar-refractivity contribution in [2.75, 3.05) is 27.8 Å². The zero-order chi connectivity index (χ0) is 17.6. The number of benzene rings is 1. The third-order valence-electron chi connectivity index (χ3n) is 2.87. The van der Waals surface area contributed by atoms with Crippen LogP contribution < -0.4 is 5.32 Å². The molecule has 2 N–H and O–H groups in total. The molecule has 0 aliphatic rings. The Morgan fingerprint density at radius 1 is 1.35 bits per heavy atom. The van der Waals surface area contributed by atoms with Crippen molar-refractivity contribution in [3.05, 3.63) is 46.9 Å². The predicted octanol–water partition coefficient (Wildman–Crippen LogP) is 1.17. The van der Waals surface area contributed by atoms with Crippen LogP contribution in [0.3, 0.4) is 0 Å². The molecule has 0 saturated heterocycles. The fourth-order valence-electron chi connectivity index (χ4n) is 1.83. The molecule has 0 bridgehead atoms. The molecule has 1 aromatic carbocycles. The summed E-state index contributed by atoms with van der Waals surface area (Å²) in [5.41, 5.74) is -0.495. The normalized spacial score (nSPS) is 12.9. The van der Waals surface area contributed by atoms with Crippen molar-refractivity contribution in [1.82, 2.24) is 10.2 Å². The molecule has 1 aromatic rings. The molecule has 0 aliphatic carbocycles. The van der Waals surface area contributed by atoms with Crippen LogP contribution in [0.1, 0.15) is 5.56 Å². The summed E-state index contributed by atoms with van der Waals surface area (Å²) in [4.78, 5) is 13.7. The Hall–Kier alpha value is -2.06. The van der Waals surface area contributed by atoms with E-state index in [9.17, 15) is 23.1 Å². The average Bonchev–Trinajstić information content (AvgIpc) is 2.43. The van der Waals surface area contributed by atoms with Gasteiger partial charge in [-0.2, -0.15) is 0 Å². The van der Waals surface area contributed by atoms with Gasteiger partial charge in [-0.25, -0.2) is 13.2 Å². The number of hydrogen-bond acceptors (Lipinski definition) is 4. The van der Waals surface area contributed by atoms with E-state index < -0.39 is 41.6 Å².